The zero-order chi connectivity index (χ0) is 19.6. The second kappa shape index (κ2) is 11.0. The molecule has 0 aromatic heterocycles. The highest BCUT2D eigenvalue weighted by Crippen LogP contribution is 2.32. The summed E-state index contributed by atoms with van der Waals surface area (Å²) in [5, 5.41) is 0. The number of ether oxygens (including phenoxy) is 2. The van der Waals surface area contributed by atoms with Gasteiger partial charge < -0.3 is 9.47 Å². The number of benzene rings is 1. The van der Waals surface area contributed by atoms with E-state index in [1.807, 2.05) is 6.07 Å². The normalized spacial score (nSPS) is 14.0. The zero-order valence-corrected chi connectivity index (χ0v) is 17.7. The molecule has 0 aliphatic carbocycles. The summed E-state index contributed by atoms with van der Waals surface area (Å²) in [5.41, 5.74) is 5.62. The number of allylic oxidation sites excluding steroid dienone is 5. The molecule has 1 heterocycles. The van der Waals surface area contributed by atoms with Gasteiger partial charge in [-0.3, -0.25) is 4.90 Å². The van der Waals surface area contributed by atoms with Gasteiger partial charge in [0.2, 0.25) is 6.79 Å². The minimum atomic E-state index is 0.333. The number of likely N-dealkylation sites (N-methyl/N-ethyl adjacent to an activating group) is 1. The Kier molecular flexibility index (Phi) is 8.66. The molecule has 148 valence electrons. The van der Waals surface area contributed by atoms with Crippen molar-refractivity contribution in [1.29, 1.82) is 0 Å². The number of hydrogen-bond donors (Lipinski definition) is 0. The molecule has 0 N–H and O–H groups in total. The van der Waals surface area contributed by atoms with Crippen LogP contribution in [0.25, 0.3) is 0 Å². The van der Waals surface area contributed by atoms with Crippen LogP contribution >= 0.6 is 0 Å². The highest BCUT2D eigenvalue weighted by atomic mass is 16.7. The zero-order valence-electron chi connectivity index (χ0n) is 17.7. The maximum absolute atomic E-state index is 5.46. The van der Waals surface area contributed by atoms with E-state index in [0.29, 0.717) is 6.79 Å². The van der Waals surface area contributed by atoms with Crippen LogP contribution in [0.1, 0.15) is 58.9 Å². The third-order valence-electron chi connectivity index (χ3n) is 4.76. The van der Waals surface area contributed by atoms with Crippen molar-refractivity contribution in [2.24, 2.45) is 0 Å². The fourth-order valence-electron chi connectivity index (χ4n) is 3.07. The topological polar surface area (TPSA) is 21.7 Å². The van der Waals surface area contributed by atoms with E-state index < -0.39 is 0 Å². The lowest BCUT2D eigenvalue weighted by Crippen LogP contribution is -2.17. The van der Waals surface area contributed by atoms with Crippen molar-refractivity contribution in [3.05, 3.63) is 58.7 Å². The first kappa shape index (κ1) is 21.3. The van der Waals surface area contributed by atoms with Crippen LogP contribution in [0.3, 0.4) is 0 Å². The molecular formula is C24H35NO2. The lowest BCUT2D eigenvalue weighted by atomic mass is 10.1. The summed E-state index contributed by atoms with van der Waals surface area (Å²) in [7, 11) is 2.15. The molecule has 0 saturated heterocycles. The molecule has 3 nitrogen and oxygen atoms in total. The van der Waals surface area contributed by atoms with Gasteiger partial charge in [0.25, 0.3) is 0 Å². The van der Waals surface area contributed by atoms with Crippen molar-refractivity contribution in [1.82, 2.24) is 4.90 Å². The lowest BCUT2D eigenvalue weighted by molar-refractivity contribution is 0.174. The van der Waals surface area contributed by atoms with E-state index in [9.17, 15) is 0 Å². The predicted molar refractivity (Wildman–Crippen MR) is 114 cm³/mol. The van der Waals surface area contributed by atoms with Crippen LogP contribution < -0.4 is 9.47 Å². The van der Waals surface area contributed by atoms with Crippen molar-refractivity contribution in [2.45, 2.75) is 59.9 Å². The highest BCUT2D eigenvalue weighted by molar-refractivity contribution is 5.44. The van der Waals surface area contributed by atoms with Gasteiger partial charge in [0.15, 0.2) is 11.5 Å². The number of fused-ring (bicyclic) bond motifs is 1. The largest absolute Gasteiger partial charge is 0.454 e. The maximum Gasteiger partial charge on any atom is 0.231 e. The van der Waals surface area contributed by atoms with Crippen LogP contribution in [0.5, 0.6) is 11.5 Å². The maximum atomic E-state index is 5.46. The Balaban J connectivity index is 1.70. The Hall–Kier alpha value is -2.00. The molecule has 0 radical (unpaired) electrons. The minimum absolute atomic E-state index is 0.333. The minimum Gasteiger partial charge on any atom is -0.454 e. The monoisotopic (exact) mass is 369 g/mol. The van der Waals surface area contributed by atoms with Gasteiger partial charge in [0.1, 0.15) is 0 Å². The molecule has 0 bridgehead atoms. The first-order valence-electron chi connectivity index (χ1n) is 9.95. The van der Waals surface area contributed by atoms with Gasteiger partial charge in [-0.1, -0.05) is 41.0 Å². The molecule has 0 unspecified atom stereocenters. The molecule has 1 aliphatic rings. The molecule has 3 heteroatoms. The Morgan fingerprint density at radius 2 is 1.59 bits per heavy atom. The quantitative estimate of drug-likeness (QED) is 0.454. The predicted octanol–water partition coefficient (Wildman–Crippen LogP) is 6.27. The molecular weight excluding hydrogens is 334 g/mol. The number of rotatable bonds is 10. The fourth-order valence-corrected chi connectivity index (χ4v) is 3.07. The Morgan fingerprint density at radius 3 is 2.33 bits per heavy atom. The third-order valence-corrected chi connectivity index (χ3v) is 4.76. The molecule has 0 spiro atoms. The molecule has 1 aliphatic heterocycles. The van der Waals surface area contributed by atoms with E-state index in [1.54, 1.807) is 0 Å². The molecule has 1 aromatic carbocycles. The van der Waals surface area contributed by atoms with Gasteiger partial charge in [-0.25, -0.2) is 0 Å². The van der Waals surface area contributed by atoms with Crippen molar-refractivity contribution in [3.63, 3.8) is 0 Å². The fraction of sp³-hybridized carbons (Fsp3) is 0.500. The Bertz CT molecular complexity index is 696. The molecule has 0 amide bonds. The first-order valence-corrected chi connectivity index (χ1v) is 9.95. The van der Waals surface area contributed by atoms with E-state index in [0.717, 1.165) is 43.9 Å². The van der Waals surface area contributed by atoms with E-state index in [1.165, 1.54) is 28.7 Å². The SMILES string of the molecule is CC(C)=CCC/C(C)=C/CC/C(C)=C/CN(C)Cc1ccc2c(c1)OCO2. The van der Waals surface area contributed by atoms with Crippen LogP contribution in [-0.2, 0) is 6.54 Å². The third kappa shape index (κ3) is 8.04. The molecule has 0 atom stereocenters. The van der Waals surface area contributed by atoms with E-state index in [4.69, 9.17) is 9.47 Å². The van der Waals surface area contributed by atoms with Gasteiger partial charge >= 0.3 is 0 Å². The first-order chi connectivity index (χ1) is 12.9. The van der Waals surface area contributed by atoms with Crippen LogP contribution in [0, 0.1) is 0 Å². The van der Waals surface area contributed by atoms with Crippen molar-refractivity contribution in [3.8, 4) is 11.5 Å². The summed E-state index contributed by atoms with van der Waals surface area (Å²) in [4.78, 5) is 2.32. The molecule has 0 saturated carbocycles. The lowest BCUT2D eigenvalue weighted by Gasteiger charge is -2.15. The number of nitrogens with zero attached hydrogens (tertiary/aromatic N) is 1. The second-order valence-electron chi connectivity index (χ2n) is 7.84. The van der Waals surface area contributed by atoms with Crippen molar-refractivity contribution in [2.75, 3.05) is 20.4 Å². The van der Waals surface area contributed by atoms with Gasteiger partial charge in [0.05, 0.1) is 0 Å². The van der Waals surface area contributed by atoms with Crippen LogP contribution in [0.4, 0.5) is 0 Å². The second-order valence-corrected chi connectivity index (χ2v) is 7.84. The van der Waals surface area contributed by atoms with Gasteiger partial charge in [-0.05, 0) is 78.1 Å². The van der Waals surface area contributed by atoms with Crippen molar-refractivity contribution >= 4 is 0 Å². The number of hydrogen-bond acceptors (Lipinski definition) is 3. The van der Waals surface area contributed by atoms with Crippen molar-refractivity contribution < 1.29 is 9.47 Å². The van der Waals surface area contributed by atoms with Crippen LogP contribution in [0.15, 0.2) is 53.1 Å². The standard InChI is InChI=1S/C24H35NO2/c1-19(2)8-6-9-20(3)10-7-11-21(4)14-15-25(5)17-22-12-13-23-24(16-22)27-18-26-23/h8,10,12-14,16H,6-7,9,11,15,17-18H2,1-5H3/b20-10+,21-14+. The highest BCUT2D eigenvalue weighted by Gasteiger charge is 2.13. The van der Waals surface area contributed by atoms with Gasteiger partial charge in [0, 0.05) is 13.1 Å². The van der Waals surface area contributed by atoms with Crippen LogP contribution in [0.2, 0.25) is 0 Å². The van der Waals surface area contributed by atoms with Gasteiger partial charge in [-0.15, -0.1) is 0 Å². The summed E-state index contributed by atoms with van der Waals surface area (Å²) in [6.45, 7) is 11.0. The average Bonchev–Trinajstić information content (AvgIpc) is 3.07. The van der Waals surface area contributed by atoms with E-state index in [-0.39, 0.29) is 0 Å². The smallest absolute Gasteiger partial charge is 0.231 e. The summed E-state index contributed by atoms with van der Waals surface area (Å²) in [5.74, 6) is 1.71. The Labute approximate surface area is 165 Å². The molecule has 1 aromatic rings. The summed E-state index contributed by atoms with van der Waals surface area (Å²) >= 11 is 0. The van der Waals surface area contributed by atoms with E-state index >= 15 is 0 Å². The van der Waals surface area contributed by atoms with E-state index in [2.05, 4.69) is 70.0 Å². The summed E-state index contributed by atoms with van der Waals surface area (Å²) in [6.07, 6.45) is 11.7. The molecule has 27 heavy (non-hydrogen) atoms. The average molecular weight is 370 g/mol. The summed E-state index contributed by atoms with van der Waals surface area (Å²) in [6, 6.07) is 6.19. The van der Waals surface area contributed by atoms with Gasteiger partial charge in [-0.2, -0.15) is 0 Å². The molecule has 2 rings (SSSR count). The molecule has 0 fully saturated rings. The Morgan fingerprint density at radius 1 is 0.926 bits per heavy atom. The van der Waals surface area contributed by atoms with Crippen LogP contribution in [-0.4, -0.2) is 25.3 Å². The summed E-state index contributed by atoms with van der Waals surface area (Å²) < 4.78 is 10.8.